The van der Waals surface area contributed by atoms with Gasteiger partial charge in [0.1, 0.15) is 12.4 Å². The van der Waals surface area contributed by atoms with E-state index in [1.807, 2.05) is 28.8 Å². The minimum atomic E-state index is -0.284. The number of ether oxygens (including phenoxy) is 1. The molecule has 2 heterocycles. The van der Waals surface area contributed by atoms with Crippen LogP contribution in [0.4, 0.5) is 0 Å². The van der Waals surface area contributed by atoms with Crippen molar-refractivity contribution in [2.45, 2.75) is 13.1 Å². The van der Waals surface area contributed by atoms with Gasteiger partial charge in [-0.3, -0.25) is 9.59 Å². The van der Waals surface area contributed by atoms with Crippen molar-refractivity contribution in [2.75, 3.05) is 26.3 Å². The lowest BCUT2D eigenvalue weighted by Crippen LogP contribution is -2.42. The number of carbonyl (C=O) groups is 2. The zero-order valence-electron chi connectivity index (χ0n) is 15.8. The molecule has 0 bridgehead atoms. The Labute approximate surface area is 173 Å². The molecular weight excluding hydrogens is 392 g/mol. The molecule has 8 heteroatoms. The summed E-state index contributed by atoms with van der Waals surface area (Å²) >= 11 is 6.11. The summed E-state index contributed by atoms with van der Waals surface area (Å²) in [6.45, 7) is 2.63. The highest BCUT2D eigenvalue weighted by molar-refractivity contribution is 6.33. The van der Waals surface area contributed by atoms with Crippen molar-refractivity contribution >= 4 is 34.4 Å². The lowest BCUT2D eigenvalue weighted by Gasteiger charge is -2.27. The third-order valence-electron chi connectivity index (χ3n) is 4.92. The van der Waals surface area contributed by atoms with Gasteiger partial charge in [-0.05, 0) is 24.3 Å². The van der Waals surface area contributed by atoms with Crippen LogP contribution in [-0.2, 0) is 22.6 Å². The molecule has 0 unspecified atom stereocenters. The fraction of sp³-hybridized carbons (Fsp3) is 0.286. The Kier molecular flexibility index (Phi) is 5.78. The van der Waals surface area contributed by atoms with Gasteiger partial charge >= 0.3 is 0 Å². The lowest BCUT2D eigenvalue weighted by molar-refractivity contribution is -0.135. The van der Waals surface area contributed by atoms with E-state index >= 15 is 0 Å². The molecule has 4 rings (SSSR count). The van der Waals surface area contributed by atoms with Crippen LogP contribution in [0.2, 0.25) is 5.02 Å². The molecule has 1 fully saturated rings. The number of amides is 2. The summed E-state index contributed by atoms with van der Waals surface area (Å²) in [6.07, 6.45) is 0. The van der Waals surface area contributed by atoms with Crippen LogP contribution in [0, 0.1) is 0 Å². The fourth-order valence-electron chi connectivity index (χ4n) is 3.38. The number of imidazole rings is 1. The van der Waals surface area contributed by atoms with E-state index in [-0.39, 0.29) is 24.9 Å². The van der Waals surface area contributed by atoms with Crippen molar-refractivity contribution in [1.82, 2.24) is 19.8 Å². The van der Waals surface area contributed by atoms with E-state index in [0.717, 1.165) is 11.0 Å². The maximum absolute atomic E-state index is 12.8. The van der Waals surface area contributed by atoms with Crippen molar-refractivity contribution in [3.05, 3.63) is 64.9 Å². The van der Waals surface area contributed by atoms with E-state index in [0.29, 0.717) is 42.7 Å². The van der Waals surface area contributed by atoms with Crippen LogP contribution in [0.1, 0.15) is 16.2 Å². The molecule has 150 valence electrons. The van der Waals surface area contributed by atoms with Crippen molar-refractivity contribution in [1.29, 1.82) is 0 Å². The molecule has 0 radical (unpaired) electrons. The van der Waals surface area contributed by atoms with Gasteiger partial charge < -0.3 is 19.5 Å². The molecule has 7 nitrogen and oxygen atoms in total. The van der Waals surface area contributed by atoms with E-state index in [4.69, 9.17) is 16.3 Å². The monoisotopic (exact) mass is 412 g/mol. The van der Waals surface area contributed by atoms with Gasteiger partial charge in [-0.1, -0.05) is 35.9 Å². The second-order valence-electron chi connectivity index (χ2n) is 6.76. The Hall–Kier alpha value is -2.90. The van der Waals surface area contributed by atoms with E-state index in [1.165, 1.54) is 0 Å². The van der Waals surface area contributed by atoms with E-state index in [9.17, 15) is 9.59 Å². The number of morpholine rings is 1. The van der Waals surface area contributed by atoms with E-state index < -0.39 is 0 Å². The third kappa shape index (κ3) is 4.26. The summed E-state index contributed by atoms with van der Waals surface area (Å²) in [5.74, 6) is 0.344. The molecule has 0 aliphatic carbocycles. The number of nitrogens with zero attached hydrogens (tertiary/aromatic N) is 3. The molecule has 0 spiro atoms. The highest BCUT2D eigenvalue weighted by Crippen LogP contribution is 2.18. The summed E-state index contributed by atoms with van der Waals surface area (Å²) < 4.78 is 7.19. The number of halogens is 1. The van der Waals surface area contributed by atoms with Gasteiger partial charge in [0.05, 0.1) is 41.4 Å². The molecule has 1 aliphatic rings. The van der Waals surface area contributed by atoms with Crippen molar-refractivity contribution in [2.24, 2.45) is 0 Å². The molecule has 1 saturated heterocycles. The number of rotatable bonds is 5. The van der Waals surface area contributed by atoms with Crippen LogP contribution >= 0.6 is 11.6 Å². The molecule has 0 atom stereocenters. The Morgan fingerprint density at radius 2 is 1.79 bits per heavy atom. The van der Waals surface area contributed by atoms with Gasteiger partial charge in [0, 0.05) is 13.1 Å². The Morgan fingerprint density at radius 3 is 2.59 bits per heavy atom. The van der Waals surface area contributed by atoms with Crippen molar-refractivity contribution < 1.29 is 14.3 Å². The van der Waals surface area contributed by atoms with Gasteiger partial charge in [0.2, 0.25) is 5.91 Å². The zero-order valence-corrected chi connectivity index (χ0v) is 16.6. The Morgan fingerprint density at radius 1 is 1.07 bits per heavy atom. The van der Waals surface area contributed by atoms with Crippen molar-refractivity contribution in [3.63, 3.8) is 0 Å². The topological polar surface area (TPSA) is 76.5 Å². The first-order valence-corrected chi connectivity index (χ1v) is 9.83. The molecule has 29 heavy (non-hydrogen) atoms. The maximum Gasteiger partial charge on any atom is 0.253 e. The first-order valence-electron chi connectivity index (χ1n) is 9.46. The second kappa shape index (κ2) is 8.63. The van der Waals surface area contributed by atoms with E-state index in [1.54, 1.807) is 29.2 Å². The first kappa shape index (κ1) is 19.4. The summed E-state index contributed by atoms with van der Waals surface area (Å²) in [7, 11) is 0. The van der Waals surface area contributed by atoms with Crippen LogP contribution in [0.3, 0.4) is 0 Å². The summed E-state index contributed by atoms with van der Waals surface area (Å²) in [5, 5.41) is 3.25. The highest BCUT2D eigenvalue weighted by atomic mass is 35.5. The third-order valence-corrected chi connectivity index (χ3v) is 5.25. The molecule has 2 amide bonds. The van der Waals surface area contributed by atoms with Crippen LogP contribution in [0.15, 0.2) is 48.5 Å². The highest BCUT2D eigenvalue weighted by Gasteiger charge is 2.20. The number of benzene rings is 2. The molecule has 0 saturated carbocycles. The molecule has 3 aromatic rings. The average molecular weight is 413 g/mol. The van der Waals surface area contributed by atoms with Crippen LogP contribution < -0.4 is 5.32 Å². The normalized spacial score (nSPS) is 14.2. The van der Waals surface area contributed by atoms with E-state index in [2.05, 4.69) is 10.3 Å². The smallest absolute Gasteiger partial charge is 0.253 e. The SMILES string of the molecule is O=C(NCc1nc2ccccc2n1CC(=O)N1CCOCC1)c1ccccc1Cl. The number of carbonyl (C=O) groups excluding carboxylic acids is 2. The van der Waals surface area contributed by atoms with Crippen LogP contribution in [0.5, 0.6) is 0 Å². The standard InChI is InChI=1S/C21H21ClN4O3/c22-16-6-2-1-5-15(16)21(28)23-13-19-24-17-7-3-4-8-18(17)26(19)14-20(27)25-9-11-29-12-10-25/h1-8H,9-14H2,(H,23,28). The number of para-hydroxylation sites is 2. The minimum Gasteiger partial charge on any atom is -0.378 e. The molecule has 1 aromatic heterocycles. The van der Waals surface area contributed by atoms with Crippen LogP contribution in [-0.4, -0.2) is 52.6 Å². The van der Waals surface area contributed by atoms with Gasteiger partial charge in [-0.25, -0.2) is 4.98 Å². The lowest BCUT2D eigenvalue weighted by atomic mass is 10.2. The maximum atomic E-state index is 12.8. The Balaban J connectivity index is 1.55. The molecule has 1 aliphatic heterocycles. The zero-order chi connectivity index (χ0) is 20.2. The van der Waals surface area contributed by atoms with Gasteiger partial charge in [-0.15, -0.1) is 0 Å². The number of hydrogen-bond acceptors (Lipinski definition) is 4. The minimum absolute atomic E-state index is 0.00938. The average Bonchev–Trinajstić information content (AvgIpc) is 3.10. The largest absolute Gasteiger partial charge is 0.378 e. The van der Waals surface area contributed by atoms with Gasteiger partial charge in [0.25, 0.3) is 5.91 Å². The van der Waals surface area contributed by atoms with Crippen molar-refractivity contribution in [3.8, 4) is 0 Å². The number of nitrogens with one attached hydrogen (secondary N) is 1. The second-order valence-corrected chi connectivity index (χ2v) is 7.17. The molecule has 1 N–H and O–H groups in total. The predicted octanol–water partition coefficient (Wildman–Crippen LogP) is 2.48. The van der Waals surface area contributed by atoms with Gasteiger partial charge in [0.15, 0.2) is 0 Å². The Bertz CT molecular complexity index is 1040. The number of fused-ring (bicyclic) bond motifs is 1. The fourth-order valence-corrected chi connectivity index (χ4v) is 3.61. The molecular formula is C21H21ClN4O3. The predicted molar refractivity (Wildman–Crippen MR) is 110 cm³/mol. The van der Waals surface area contributed by atoms with Gasteiger partial charge in [-0.2, -0.15) is 0 Å². The first-order chi connectivity index (χ1) is 14.1. The summed E-state index contributed by atoms with van der Waals surface area (Å²) in [6, 6.07) is 14.5. The number of aromatic nitrogens is 2. The number of hydrogen-bond donors (Lipinski definition) is 1. The molecule has 2 aromatic carbocycles. The van der Waals surface area contributed by atoms with Crippen LogP contribution in [0.25, 0.3) is 11.0 Å². The summed E-state index contributed by atoms with van der Waals surface area (Å²) in [5.41, 5.74) is 2.04. The quantitative estimate of drug-likeness (QED) is 0.698. The summed E-state index contributed by atoms with van der Waals surface area (Å²) in [4.78, 5) is 31.7.